The number of hydrogen-bond acceptors (Lipinski definition) is 7. The standard InChI is InChI=1S/C4H6O6.BH2O3.Li/c5-1(3(7)8)2(6)4(9)10;2-1(3)4;/h1-2,5-6H,(H,7,8)(H,9,10);2-3H;/q;-1;+1. The van der Waals surface area contributed by atoms with Gasteiger partial charge in [-0.05, 0) is 0 Å². The molecule has 2 unspecified atom stereocenters. The van der Waals surface area contributed by atoms with E-state index in [0.717, 1.165) is 0 Å². The zero-order valence-electron chi connectivity index (χ0n) is 7.64. The van der Waals surface area contributed by atoms with Crippen molar-refractivity contribution in [3.8, 4) is 0 Å². The third-order valence-corrected chi connectivity index (χ3v) is 0.805. The molecule has 0 fully saturated rings. The van der Waals surface area contributed by atoms with Crippen LogP contribution in [0.15, 0.2) is 0 Å². The van der Waals surface area contributed by atoms with Gasteiger partial charge in [-0.25, -0.2) is 9.59 Å². The molecule has 6 N–H and O–H groups in total. The van der Waals surface area contributed by atoms with Crippen LogP contribution in [0.4, 0.5) is 0 Å². The number of carboxylic acid groups (broad SMARTS) is 2. The monoisotopic (exact) mass is 218 g/mol. The quantitative estimate of drug-likeness (QED) is 0.251. The average molecular weight is 218 g/mol. The number of aliphatic hydroxyl groups is 2. The second kappa shape index (κ2) is 9.94. The largest absolute Gasteiger partial charge is 1.00 e. The average Bonchev–Trinajstić information content (AvgIpc) is 2.00. The van der Waals surface area contributed by atoms with Gasteiger partial charge in [-0.3, -0.25) is 0 Å². The Morgan fingerprint density at radius 2 is 1.13 bits per heavy atom. The summed E-state index contributed by atoms with van der Waals surface area (Å²) in [6.45, 7) is 0. The fourth-order valence-corrected chi connectivity index (χ4v) is 0.270. The van der Waals surface area contributed by atoms with Crippen molar-refractivity contribution in [2.24, 2.45) is 0 Å². The second-order valence-corrected chi connectivity index (χ2v) is 1.89. The number of carbonyl (C=O) groups is 2. The van der Waals surface area contributed by atoms with Gasteiger partial charge in [0.05, 0.1) is 0 Å². The first kappa shape index (κ1) is 19.9. The third kappa shape index (κ3) is 13.4. The van der Waals surface area contributed by atoms with Gasteiger partial charge in [0.2, 0.25) is 0 Å². The smallest absolute Gasteiger partial charge is 0.832 e. The van der Waals surface area contributed by atoms with E-state index in [1.807, 2.05) is 0 Å². The maximum absolute atomic E-state index is 9.77. The fraction of sp³-hybridized carbons (Fsp3) is 0.500. The molecule has 0 saturated heterocycles. The SMILES string of the molecule is O=C(O)C(O)C(O)C(=O)O.[Li+].[O-]B(O)O. The Morgan fingerprint density at radius 3 is 1.20 bits per heavy atom. The molecule has 0 bridgehead atoms. The summed E-state index contributed by atoms with van der Waals surface area (Å²) in [5.41, 5.74) is 0. The number of aliphatic carboxylic acids is 2. The molecule has 0 radical (unpaired) electrons. The molecule has 0 aromatic heterocycles. The normalized spacial score (nSPS) is 12.3. The van der Waals surface area contributed by atoms with E-state index in [-0.39, 0.29) is 18.9 Å². The number of aliphatic hydroxyl groups excluding tert-OH is 2. The first-order valence-corrected chi connectivity index (χ1v) is 3.03. The molecule has 82 valence electrons. The second-order valence-electron chi connectivity index (χ2n) is 1.89. The summed E-state index contributed by atoms with van der Waals surface area (Å²) in [6, 6.07) is 0. The molecule has 0 amide bonds. The maximum Gasteiger partial charge on any atom is 1.00 e. The van der Waals surface area contributed by atoms with Gasteiger partial charge in [-0.15, -0.1) is 0 Å². The van der Waals surface area contributed by atoms with Gasteiger partial charge < -0.3 is 35.5 Å². The van der Waals surface area contributed by atoms with Crippen molar-refractivity contribution < 1.29 is 63.9 Å². The van der Waals surface area contributed by atoms with Gasteiger partial charge in [0.25, 0.3) is 0 Å². The predicted octanol–water partition coefficient (Wildman–Crippen LogP) is -7.80. The van der Waals surface area contributed by atoms with Gasteiger partial charge in [0.1, 0.15) is 0 Å². The van der Waals surface area contributed by atoms with Crippen molar-refractivity contribution in [1.82, 2.24) is 0 Å². The van der Waals surface area contributed by atoms with Crippen LogP contribution in [-0.2, 0) is 9.59 Å². The van der Waals surface area contributed by atoms with Crippen molar-refractivity contribution in [1.29, 1.82) is 0 Å². The van der Waals surface area contributed by atoms with E-state index in [4.69, 9.17) is 35.5 Å². The van der Waals surface area contributed by atoms with Gasteiger partial charge in [-0.1, -0.05) is 0 Å². The van der Waals surface area contributed by atoms with Gasteiger partial charge in [0.15, 0.2) is 12.2 Å². The van der Waals surface area contributed by atoms with Crippen LogP contribution in [0.2, 0.25) is 0 Å². The molecule has 0 spiro atoms. The summed E-state index contributed by atoms with van der Waals surface area (Å²) >= 11 is 0. The van der Waals surface area contributed by atoms with Crippen LogP contribution in [0.25, 0.3) is 0 Å². The van der Waals surface area contributed by atoms with Crippen LogP contribution in [0.3, 0.4) is 0 Å². The molecule has 0 aromatic carbocycles. The van der Waals surface area contributed by atoms with E-state index >= 15 is 0 Å². The van der Waals surface area contributed by atoms with Crippen LogP contribution in [-0.4, -0.2) is 61.9 Å². The molecule has 2 atom stereocenters. The number of carboxylic acids is 2. The molecule has 0 aliphatic carbocycles. The zero-order chi connectivity index (χ0) is 11.9. The molecular weight excluding hydrogens is 210 g/mol. The van der Waals surface area contributed by atoms with E-state index in [0.29, 0.717) is 0 Å². The summed E-state index contributed by atoms with van der Waals surface area (Å²) in [5, 5.41) is 55.3. The minimum Gasteiger partial charge on any atom is -0.832 e. The molecule has 0 aliphatic heterocycles. The van der Waals surface area contributed by atoms with Crippen molar-refractivity contribution in [2.75, 3.05) is 0 Å². The fourth-order valence-electron chi connectivity index (χ4n) is 0.270. The maximum atomic E-state index is 9.77. The molecular formula is C4H8BLiO9. The Hall–Kier alpha value is -0.598. The Bertz CT molecular complexity index is 176. The molecule has 0 rings (SSSR count). The van der Waals surface area contributed by atoms with E-state index in [1.165, 1.54) is 0 Å². The zero-order valence-corrected chi connectivity index (χ0v) is 7.64. The van der Waals surface area contributed by atoms with Crippen LogP contribution in [0.1, 0.15) is 0 Å². The molecule has 0 heterocycles. The molecule has 15 heavy (non-hydrogen) atoms. The summed E-state index contributed by atoms with van der Waals surface area (Å²) in [5.74, 6) is -3.54. The van der Waals surface area contributed by atoms with Crippen LogP contribution in [0.5, 0.6) is 0 Å². The minimum atomic E-state index is -2.42. The minimum absolute atomic E-state index is 0. The van der Waals surface area contributed by atoms with Crippen molar-refractivity contribution >= 4 is 19.3 Å². The Labute approximate surface area is 95.9 Å². The molecule has 11 heteroatoms. The third-order valence-electron chi connectivity index (χ3n) is 0.805. The van der Waals surface area contributed by atoms with Crippen LogP contribution < -0.4 is 23.9 Å². The van der Waals surface area contributed by atoms with E-state index in [1.54, 1.807) is 0 Å². The predicted molar refractivity (Wildman–Crippen MR) is 37.5 cm³/mol. The number of rotatable bonds is 3. The van der Waals surface area contributed by atoms with E-state index in [9.17, 15) is 9.59 Å². The van der Waals surface area contributed by atoms with Gasteiger partial charge >= 0.3 is 38.1 Å². The van der Waals surface area contributed by atoms with E-state index < -0.39 is 31.5 Å². The Morgan fingerprint density at radius 1 is 1.00 bits per heavy atom. The Kier molecular flexibility index (Phi) is 13.2. The molecule has 0 saturated carbocycles. The van der Waals surface area contributed by atoms with Crippen molar-refractivity contribution in [2.45, 2.75) is 12.2 Å². The number of hydrogen-bond donors (Lipinski definition) is 6. The van der Waals surface area contributed by atoms with Crippen LogP contribution >= 0.6 is 0 Å². The van der Waals surface area contributed by atoms with Crippen molar-refractivity contribution in [3.05, 3.63) is 0 Å². The summed E-state index contributed by atoms with van der Waals surface area (Å²) in [6.07, 6.45) is -4.53. The summed E-state index contributed by atoms with van der Waals surface area (Å²) in [7, 11) is -2.42. The van der Waals surface area contributed by atoms with E-state index in [2.05, 4.69) is 0 Å². The Balaban J connectivity index is -0.000000249. The summed E-state index contributed by atoms with van der Waals surface area (Å²) < 4.78 is 0. The summed E-state index contributed by atoms with van der Waals surface area (Å²) in [4.78, 5) is 19.5. The first-order chi connectivity index (χ1) is 6.20. The molecule has 9 nitrogen and oxygen atoms in total. The molecule has 0 aliphatic rings. The topological polar surface area (TPSA) is 179 Å². The van der Waals surface area contributed by atoms with Crippen molar-refractivity contribution in [3.63, 3.8) is 0 Å². The van der Waals surface area contributed by atoms with Crippen LogP contribution in [0, 0.1) is 0 Å². The van der Waals surface area contributed by atoms with Gasteiger partial charge in [0, 0.05) is 0 Å². The van der Waals surface area contributed by atoms with Gasteiger partial charge in [-0.2, -0.15) is 0 Å². The first-order valence-electron chi connectivity index (χ1n) is 3.03. The molecule has 0 aromatic rings.